The third kappa shape index (κ3) is 2.79. The highest BCUT2D eigenvalue weighted by atomic mass is 16.3. The maximum absolute atomic E-state index is 13.2. The van der Waals surface area contributed by atoms with Gasteiger partial charge >= 0.3 is 0 Å². The number of aromatic nitrogens is 1. The third-order valence-corrected chi connectivity index (χ3v) is 6.44. The Bertz CT molecular complexity index is 939. The maximum Gasteiger partial charge on any atom is 0.255 e. The highest BCUT2D eigenvalue weighted by Crippen LogP contribution is 2.68. The van der Waals surface area contributed by atoms with Gasteiger partial charge in [-0.2, -0.15) is 0 Å². The standard InChI is InChI=1S/C22H26N2O4/c1-13(2)20-15(8-9-18(27)23-20)21(28)24-10-17(26)22(12-24)16(11-25)19(22)14-6-4-3-5-7-14/h3-9,13,16-17,19,25-26H,10-12H2,1-2H3,(H,23,27)/t16-,17+,19-,22-/m1/s1. The van der Waals surface area contributed by atoms with Gasteiger partial charge in [0.2, 0.25) is 5.56 Å². The number of aliphatic hydroxyl groups excluding tert-OH is 2. The van der Waals surface area contributed by atoms with E-state index in [1.54, 1.807) is 11.0 Å². The van der Waals surface area contributed by atoms with Gasteiger partial charge in [0.15, 0.2) is 0 Å². The van der Waals surface area contributed by atoms with Crippen LogP contribution in [0.2, 0.25) is 0 Å². The number of hydrogen-bond donors (Lipinski definition) is 3. The summed E-state index contributed by atoms with van der Waals surface area (Å²) in [4.78, 5) is 29.3. The Morgan fingerprint density at radius 1 is 1.25 bits per heavy atom. The monoisotopic (exact) mass is 382 g/mol. The summed E-state index contributed by atoms with van der Waals surface area (Å²) in [6.07, 6.45) is -0.691. The van der Waals surface area contributed by atoms with Crippen molar-refractivity contribution >= 4 is 5.91 Å². The van der Waals surface area contributed by atoms with Crippen LogP contribution in [0.3, 0.4) is 0 Å². The first-order valence-corrected chi connectivity index (χ1v) is 9.76. The Balaban J connectivity index is 1.63. The van der Waals surface area contributed by atoms with Crippen molar-refractivity contribution in [1.82, 2.24) is 9.88 Å². The van der Waals surface area contributed by atoms with Gasteiger partial charge in [-0.15, -0.1) is 0 Å². The molecule has 0 radical (unpaired) electrons. The van der Waals surface area contributed by atoms with Gasteiger partial charge in [0, 0.05) is 36.9 Å². The number of aliphatic hydroxyl groups is 2. The van der Waals surface area contributed by atoms with Crippen LogP contribution < -0.4 is 5.56 Å². The summed E-state index contributed by atoms with van der Waals surface area (Å²) in [7, 11) is 0. The minimum atomic E-state index is -0.691. The zero-order valence-corrected chi connectivity index (χ0v) is 16.1. The second-order valence-corrected chi connectivity index (χ2v) is 8.30. The number of aromatic amines is 1. The van der Waals surface area contributed by atoms with Crippen LogP contribution in [0, 0.1) is 11.3 Å². The number of nitrogens with one attached hydrogen (secondary N) is 1. The van der Waals surface area contributed by atoms with Crippen LogP contribution >= 0.6 is 0 Å². The number of hydrogen-bond acceptors (Lipinski definition) is 4. The normalized spacial score (nSPS) is 28.9. The average molecular weight is 382 g/mol. The predicted octanol–water partition coefficient (Wildman–Crippen LogP) is 1.71. The molecule has 4 rings (SSSR count). The molecule has 2 aliphatic rings. The largest absolute Gasteiger partial charge is 0.396 e. The number of pyridine rings is 1. The maximum atomic E-state index is 13.2. The van der Waals surface area contributed by atoms with Gasteiger partial charge < -0.3 is 20.1 Å². The molecule has 1 aliphatic heterocycles. The molecular weight excluding hydrogens is 356 g/mol. The lowest BCUT2D eigenvalue weighted by molar-refractivity contribution is 0.0762. The number of H-pyrrole nitrogens is 1. The smallest absolute Gasteiger partial charge is 0.255 e. The lowest BCUT2D eigenvalue weighted by Gasteiger charge is -2.19. The summed E-state index contributed by atoms with van der Waals surface area (Å²) in [5.74, 6) is -0.224. The van der Waals surface area contributed by atoms with Crippen LogP contribution in [0.25, 0.3) is 0 Å². The number of β-amino-alcohol motifs (C(OH)–C–C–N with tert-alkyl or cyclic N) is 1. The van der Waals surface area contributed by atoms with Gasteiger partial charge in [-0.05, 0) is 29.4 Å². The van der Waals surface area contributed by atoms with Crippen molar-refractivity contribution in [1.29, 1.82) is 0 Å². The lowest BCUT2D eigenvalue weighted by atomic mass is 9.95. The fourth-order valence-corrected chi connectivity index (χ4v) is 5.03. The summed E-state index contributed by atoms with van der Waals surface area (Å²) < 4.78 is 0. The van der Waals surface area contributed by atoms with Gasteiger partial charge in [0.1, 0.15) is 0 Å². The summed E-state index contributed by atoms with van der Waals surface area (Å²) in [6.45, 7) is 4.46. The quantitative estimate of drug-likeness (QED) is 0.750. The molecule has 1 aromatic carbocycles. The van der Waals surface area contributed by atoms with Crippen molar-refractivity contribution in [2.24, 2.45) is 11.3 Å². The summed E-state index contributed by atoms with van der Waals surface area (Å²) in [5.41, 5.74) is 1.43. The SMILES string of the molecule is CC(C)c1[nH]c(=O)ccc1C(=O)N1C[C@H](O)[C@@]2(C1)[C@H](CO)[C@H]2c1ccccc1. The van der Waals surface area contributed by atoms with Crippen molar-refractivity contribution in [3.8, 4) is 0 Å². The molecule has 2 aromatic rings. The molecule has 1 saturated carbocycles. The first-order chi connectivity index (χ1) is 13.4. The van der Waals surface area contributed by atoms with Crippen molar-refractivity contribution in [2.45, 2.75) is 31.8 Å². The van der Waals surface area contributed by atoms with Gasteiger partial charge in [0.05, 0.1) is 11.7 Å². The number of likely N-dealkylation sites (tertiary alicyclic amines) is 1. The number of benzene rings is 1. The van der Waals surface area contributed by atoms with Crippen molar-refractivity contribution < 1.29 is 15.0 Å². The topological polar surface area (TPSA) is 93.6 Å². The Hall–Kier alpha value is -2.44. The second kappa shape index (κ2) is 6.87. The first-order valence-electron chi connectivity index (χ1n) is 9.76. The second-order valence-electron chi connectivity index (χ2n) is 8.30. The lowest BCUT2D eigenvalue weighted by Crippen LogP contribution is -2.31. The van der Waals surface area contributed by atoms with E-state index in [1.807, 2.05) is 44.2 Å². The third-order valence-electron chi connectivity index (χ3n) is 6.44. The molecule has 1 aromatic heterocycles. The summed E-state index contributed by atoms with van der Waals surface area (Å²) >= 11 is 0. The average Bonchev–Trinajstić information content (AvgIpc) is 3.22. The van der Waals surface area contributed by atoms with E-state index < -0.39 is 11.5 Å². The number of carbonyl (C=O) groups excluding carboxylic acids is 1. The van der Waals surface area contributed by atoms with Crippen LogP contribution in [0.5, 0.6) is 0 Å². The fourth-order valence-electron chi connectivity index (χ4n) is 5.03. The Morgan fingerprint density at radius 2 is 1.96 bits per heavy atom. The molecule has 1 saturated heterocycles. The molecule has 4 atom stereocenters. The molecule has 6 heteroatoms. The van der Waals surface area contributed by atoms with Crippen LogP contribution in [0.15, 0.2) is 47.3 Å². The summed E-state index contributed by atoms with van der Waals surface area (Å²) in [5, 5.41) is 20.8. The van der Waals surface area contributed by atoms with E-state index in [4.69, 9.17) is 0 Å². The summed E-state index contributed by atoms with van der Waals surface area (Å²) in [6, 6.07) is 12.8. The Morgan fingerprint density at radius 3 is 2.61 bits per heavy atom. The minimum Gasteiger partial charge on any atom is -0.396 e. The number of nitrogens with zero attached hydrogens (tertiary/aromatic N) is 1. The van der Waals surface area contributed by atoms with E-state index in [0.29, 0.717) is 17.8 Å². The molecule has 2 fully saturated rings. The molecule has 3 N–H and O–H groups in total. The van der Waals surface area contributed by atoms with E-state index >= 15 is 0 Å². The Labute approximate surface area is 163 Å². The Kier molecular flexibility index (Phi) is 4.63. The van der Waals surface area contributed by atoms with E-state index in [9.17, 15) is 19.8 Å². The molecule has 1 spiro atoms. The van der Waals surface area contributed by atoms with Gasteiger partial charge in [-0.1, -0.05) is 44.2 Å². The van der Waals surface area contributed by atoms with Crippen molar-refractivity contribution in [3.63, 3.8) is 0 Å². The minimum absolute atomic E-state index is 0.00230. The number of rotatable bonds is 4. The first kappa shape index (κ1) is 18.9. The molecular formula is C22H26N2O4. The zero-order valence-electron chi connectivity index (χ0n) is 16.1. The number of amides is 1. The van der Waals surface area contributed by atoms with Crippen LogP contribution in [0.1, 0.15) is 47.3 Å². The van der Waals surface area contributed by atoms with Gasteiger partial charge in [-0.3, -0.25) is 9.59 Å². The molecule has 148 valence electrons. The van der Waals surface area contributed by atoms with Gasteiger partial charge in [-0.25, -0.2) is 0 Å². The molecule has 6 nitrogen and oxygen atoms in total. The molecule has 28 heavy (non-hydrogen) atoms. The van der Waals surface area contributed by atoms with Crippen LogP contribution in [-0.2, 0) is 0 Å². The van der Waals surface area contributed by atoms with Crippen molar-refractivity contribution in [3.05, 3.63) is 69.6 Å². The highest BCUT2D eigenvalue weighted by Gasteiger charge is 2.71. The number of carbonyl (C=O) groups is 1. The molecule has 1 aliphatic carbocycles. The van der Waals surface area contributed by atoms with Gasteiger partial charge in [0.25, 0.3) is 5.91 Å². The van der Waals surface area contributed by atoms with Crippen LogP contribution in [0.4, 0.5) is 0 Å². The molecule has 2 heterocycles. The van der Waals surface area contributed by atoms with E-state index in [1.165, 1.54) is 6.07 Å². The molecule has 0 bridgehead atoms. The van der Waals surface area contributed by atoms with Crippen molar-refractivity contribution in [2.75, 3.05) is 19.7 Å². The predicted molar refractivity (Wildman–Crippen MR) is 105 cm³/mol. The molecule has 0 unspecified atom stereocenters. The van der Waals surface area contributed by atoms with Crippen LogP contribution in [-0.4, -0.2) is 51.8 Å². The fraction of sp³-hybridized carbons (Fsp3) is 0.455. The van der Waals surface area contributed by atoms with E-state index in [2.05, 4.69) is 4.98 Å². The van der Waals surface area contributed by atoms with E-state index in [0.717, 1.165) is 5.56 Å². The molecule has 1 amide bonds. The highest BCUT2D eigenvalue weighted by molar-refractivity contribution is 5.95. The zero-order chi connectivity index (χ0) is 20.1. The van der Waals surface area contributed by atoms with E-state index in [-0.39, 0.29) is 42.4 Å².